The molecule has 1 atom stereocenters. The summed E-state index contributed by atoms with van der Waals surface area (Å²) in [7, 11) is 0. The van der Waals surface area contributed by atoms with Gasteiger partial charge in [0.25, 0.3) is 5.91 Å². The van der Waals surface area contributed by atoms with Crippen molar-refractivity contribution in [2.24, 2.45) is 5.92 Å². The number of carbonyl (C=O) groups excluding carboxylic acids is 1. The van der Waals surface area contributed by atoms with Crippen molar-refractivity contribution in [1.82, 2.24) is 14.6 Å². The number of anilines is 1. The molecule has 11 heteroatoms. The fraction of sp³-hybridized carbons (Fsp3) is 0.273. The number of alkyl halides is 3. The molecule has 4 heterocycles. The van der Waals surface area contributed by atoms with E-state index in [9.17, 15) is 23.2 Å². The van der Waals surface area contributed by atoms with E-state index in [0.717, 1.165) is 35.8 Å². The second kappa shape index (κ2) is 7.97. The predicted octanol–water partition coefficient (Wildman–Crippen LogP) is 5.79. The Bertz CT molecular complexity index is 1410. The zero-order chi connectivity index (χ0) is 23.3. The molecular weight excluding hydrogens is 471 g/mol. The number of rotatable bonds is 3. The third-order valence-electron chi connectivity index (χ3n) is 5.57. The Hall–Kier alpha value is -3.23. The summed E-state index contributed by atoms with van der Waals surface area (Å²) in [5.74, 6) is -0.191. The molecule has 1 N–H and O–H groups in total. The fourth-order valence-electron chi connectivity index (χ4n) is 3.96. The van der Waals surface area contributed by atoms with Crippen molar-refractivity contribution >= 4 is 39.2 Å². The average Bonchev–Trinajstić information content (AvgIpc) is 3.49. The molecule has 1 amide bonds. The van der Waals surface area contributed by atoms with Gasteiger partial charge in [-0.3, -0.25) is 4.79 Å². The molecule has 4 aromatic heterocycles. The van der Waals surface area contributed by atoms with Crippen LogP contribution in [0.25, 0.3) is 16.2 Å². The van der Waals surface area contributed by atoms with Crippen molar-refractivity contribution in [2.45, 2.75) is 32.4 Å². The summed E-state index contributed by atoms with van der Waals surface area (Å²) in [4.78, 5) is 18.8. The molecule has 0 saturated heterocycles. The van der Waals surface area contributed by atoms with Crippen molar-refractivity contribution in [3.8, 4) is 16.6 Å². The van der Waals surface area contributed by atoms with Gasteiger partial charge in [0.05, 0.1) is 16.1 Å². The fourth-order valence-corrected chi connectivity index (χ4v) is 6.00. The topological polar surface area (TPSA) is 83.1 Å². The maximum atomic E-state index is 13.7. The lowest BCUT2D eigenvalue weighted by atomic mass is 9.89. The number of carbonyl (C=O) groups is 1. The molecule has 5 rings (SSSR count). The average molecular weight is 488 g/mol. The van der Waals surface area contributed by atoms with Gasteiger partial charge in [0.2, 0.25) is 0 Å². The first-order valence-corrected chi connectivity index (χ1v) is 11.8. The maximum Gasteiger partial charge on any atom is 0.433 e. The number of fused-ring (bicyclic) bond motifs is 2. The van der Waals surface area contributed by atoms with Crippen molar-refractivity contribution in [2.75, 3.05) is 5.32 Å². The van der Waals surface area contributed by atoms with Crippen molar-refractivity contribution < 1.29 is 18.0 Å². The normalized spacial score (nSPS) is 15.9. The van der Waals surface area contributed by atoms with Gasteiger partial charge in [-0.05, 0) is 48.3 Å². The number of halogens is 3. The van der Waals surface area contributed by atoms with Crippen LogP contribution in [0.5, 0.6) is 0 Å². The largest absolute Gasteiger partial charge is 0.433 e. The summed E-state index contributed by atoms with van der Waals surface area (Å²) >= 11 is 2.61. The molecule has 0 radical (unpaired) electrons. The Balaban J connectivity index is 1.53. The molecule has 168 valence electrons. The van der Waals surface area contributed by atoms with E-state index in [1.807, 2.05) is 0 Å². The van der Waals surface area contributed by atoms with Crippen molar-refractivity contribution in [1.29, 1.82) is 5.26 Å². The summed E-state index contributed by atoms with van der Waals surface area (Å²) in [5.41, 5.74) is 0.218. The van der Waals surface area contributed by atoms with Crippen molar-refractivity contribution in [3.05, 3.63) is 57.0 Å². The summed E-state index contributed by atoms with van der Waals surface area (Å²) < 4.78 is 41.9. The number of hydrogen-bond acceptors (Lipinski definition) is 6. The quantitative estimate of drug-likeness (QED) is 0.397. The smallest absolute Gasteiger partial charge is 0.311 e. The minimum Gasteiger partial charge on any atom is -0.311 e. The predicted molar refractivity (Wildman–Crippen MR) is 119 cm³/mol. The Morgan fingerprint density at radius 1 is 1.36 bits per heavy atom. The summed E-state index contributed by atoms with van der Waals surface area (Å²) in [6, 6.07) is 7.72. The minimum atomic E-state index is -4.69. The van der Waals surface area contributed by atoms with E-state index < -0.39 is 17.8 Å². The molecule has 0 aliphatic heterocycles. The molecule has 0 saturated carbocycles. The second-order valence-corrected chi connectivity index (χ2v) is 9.98. The Morgan fingerprint density at radius 3 is 2.88 bits per heavy atom. The Labute approximate surface area is 194 Å². The minimum absolute atomic E-state index is 0.0850. The molecule has 0 bridgehead atoms. The van der Waals surface area contributed by atoms with E-state index in [4.69, 9.17) is 0 Å². The molecule has 6 nitrogen and oxygen atoms in total. The Kier molecular flexibility index (Phi) is 5.22. The van der Waals surface area contributed by atoms with Gasteiger partial charge in [-0.2, -0.15) is 23.5 Å². The lowest BCUT2D eigenvalue weighted by molar-refractivity contribution is -0.142. The van der Waals surface area contributed by atoms with Crippen LogP contribution in [0.2, 0.25) is 0 Å². The molecular formula is C22H16F3N5OS2. The van der Waals surface area contributed by atoms with Gasteiger partial charge < -0.3 is 5.32 Å². The van der Waals surface area contributed by atoms with E-state index >= 15 is 0 Å². The number of nitrogens with one attached hydrogen (secondary N) is 1. The lowest BCUT2D eigenvalue weighted by Crippen LogP contribution is -2.15. The van der Waals surface area contributed by atoms with Gasteiger partial charge in [-0.25, -0.2) is 9.50 Å². The van der Waals surface area contributed by atoms with Gasteiger partial charge in [-0.15, -0.1) is 22.7 Å². The summed E-state index contributed by atoms with van der Waals surface area (Å²) in [5, 5.41) is 18.4. The number of nitriles is 1. The molecule has 0 aromatic carbocycles. The van der Waals surface area contributed by atoms with Crippen LogP contribution in [-0.4, -0.2) is 20.5 Å². The highest BCUT2D eigenvalue weighted by Crippen LogP contribution is 2.39. The summed E-state index contributed by atoms with van der Waals surface area (Å²) in [6.45, 7) is 2.14. The molecule has 33 heavy (non-hydrogen) atoms. The van der Waals surface area contributed by atoms with Crippen LogP contribution in [0, 0.1) is 17.2 Å². The molecule has 0 spiro atoms. The second-order valence-electron chi connectivity index (χ2n) is 7.92. The van der Waals surface area contributed by atoms with E-state index in [1.54, 1.807) is 17.5 Å². The van der Waals surface area contributed by atoms with E-state index in [-0.39, 0.29) is 17.0 Å². The molecule has 1 aliphatic carbocycles. The van der Waals surface area contributed by atoms with Gasteiger partial charge in [0, 0.05) is 10.9 Å². The Morgan fingerprint density at radius 2 is 2.18 bits per heavy atom. The summed E-state index contributed by atoms with van der Waals surface area (Å²) in [6.07, 6.45) is -2.12. The zero-order valence-corrected chi connectivity index (χ0v) is 18.9. The van der Waals surface area contributed by atoms with E-state index in [0.29, 0.717) is 25.9 Å². The van der Waals surface area contributed by atoms with Gasteiger partial charge >= 0.3 is 6.18 Å². The number of thiophene rings is 2. The van der Waals surface area contributed by atoms with Crippen LogP contribution in [0.4, 0.5) is 18.2 Å². The van der Waals surface area contributed by atoms with Gasteiger partial charge in [0.1, 0.15) is 11.1 Å². The monoisotopic (exact) mass is 487 g/mol. The van der Waals surface area contributed by atoms with Crippen molar-refractivity contribution in [3.63, 3.8) is 0 Å². The first kappa shape index (κ1) is 21.6. The third-order valence-corrected chi connectivity index (χ3v) is 7.64. The number of amides is 1. The van der Waals surface area contributed by atoms with Gasteiger partial charge in [-0.1, -0.05) is 13.0 Å². The van der Waals surface area contributed by atoms with Crippen LogP contribution in [0.15, 0.2) is 29.6 Å². The highest BCUT2D eigenvalue weighted by Gasteiger charge is 2.36. The van der Waals surface area contributed by atoms with Crippen LogP contribution in [-0.2, 0) is 19.0 Å². The molecule has 1 aliphatic rings. The number of aromatic nitrogens is 3. The van der Waals surface area contributed by atoms with E-state index in [2.05, 4.69) is 28.4 Å². The van der Waals surface area contributed by atoms with Crippen LogP contribution >= 0.6 is 22.7 Å². The molecule has 0 fully saturated rings. The highest BCUT2D eigenvalue weighted by molar-refractivity contribution is 7.16. The zero-order valence-electron chi connectivity index (χ0n) is 17.2. The van der Waals surface area contributed by atoms with Crippen LogP contribution < -0.4 is 5.32 Å². The first-order chi connectivity index (χ1) is 15.7. The maximum absolute atomic E-state index is 13.7. The van der Waals surface area contributed by atoms with E-state index in [1.165, 1.54) is 28.7 Å². The number of nitrogens with zero attached hydrogens (tertiary/aromatic N) is 4. The van der Waals surface area contributed by atoms with Crippen LogP contribution in [0.3, 0.4) is 0 Å². The highest BCUT2D eigenvalue weighted by atomic mass is 32.1. The lowest BCUT2D eigenvalue weighted by Gasteiger charge is -2.17. The standard InChI is InChI=1S/C22H16F3N5OS2/c1-11-4-5-12-13(10-26)21(33-17(12)7-11)28-20(31)15-9-19-27-14(16-3-2-6-32-16)8-18(22(23,24)25)30(19)29-15/h2-3,6,8-9,11H,4-5,7H2,1H3,(H,28,31). The van der Waals surface area contributed by atoms with Gasteiger partial charge in [0.15, 0.2) is 17.0 Å². The number of hydrogen-bond donors (Lipinski definition) is 1. The SMILES string of the molecule is CC1CCc2c(sc(NC(=O)c3cc4nc(-c5cccs5)cc(C(F)(F)F)n4n3)c2C#N)C1. The molecule has 1 unspecified atom stereocenters. The third kappa shape index (κ3) is 3.89. The molecule has 4 aromatic rings. The van der Waals surface area contributed by atoms with Crippen LogP contribution in [0.1, 0.15) is 45.5 Å². The first-order valence-electron chi connectivity index (χ1n) is 10.1.